The second-order valence-corrected chi connectivity index (χ2v) is 8.42. The summed E-state index contributed by atoms with van der Waals surface area (Å²) in [5, 5.41) is 0. The van der Waals surface area contributed by atoms with Crippen molar-refractivity contribution in [1.29, 1.82) is 0 Å². The van der Waals surface area contributed by atoms with Gasteiger partial charge in [0.15, 0.2) is 0 Å². The Morgan fingerprint density at radius 3 is 1.84 bits per heavy atom. The van der Waals surface area contributed by atoms with Gasteiger partial charge in [-0.15, -0.1) is 0 Å². The van der Waals surface area contributed by atoms with Gasteiger partial charge < -0.3 is 4.90 Å². The molecule has 0 unspecified atom stereocenters. The molecule has 0 saturated carbocycles. The Kier molecular flexibility index (Phi) is 5.85. The van der Waals surface area contributed by atoms with Gasteiger partial charge in [0, 0.05) is 24.1 Å². The van der Waals surface area contributed by atoms with Crippen LogP contribution in [0.4, 0.5) is 0 Å². The van der Waals surface area contributed by atoms with Crippen molar-refractivity contribution >= 4 is 5.91 Å². The van der Waals surface area contributed by atoms with Crippen LogP contribution in [0.25, 0.3) is 11.1 Å². The quantitative estimate of drug-likeness (QED) is 0.350. The van der Waals surface area contributed by atoms with E-state index in [1.807, 2.05) is 36.4 Å². The maximum Gasteiger partial charge on any atom is 0.254 e. The van der Waals surface area contributed by atoms with Crippen molar-refractivity contribution in [3.8, 4) is 11.1 Å². The molecule has 158 valence electrons. The fourth-order valence-corrected chi connectivity index (χ4v) is 5.04. The third-order valence-corrected chi connectivity index (χ3v) is 6.50. The fraction of sp³-hybridized carbons (Fsp3) is 0.167. The first kappa shape index (κ1) is 20.3. The number of hydrogen-bond acceptors (Lipinski definition) is 1. The van der Waals surface area contributed by atoms with E-state index in [1.165, 1.54) is 11.1 Å². The SMILES string of the molecule is O=C(c1ccccc1-c1ccccc1)N1CCC[C@H]1C(c1ccccc1)c1ccccc1. The molecule has 0 radical (unpaired) electrons. The molecule has 1 atom stereocenters. The Labute approximate surface area is 190 Å². The number of amides is 1. The van der Waals surface area contributed by atoms with Crippen LogP contribution in [0, 0.1) is 0 Å². The molecule has 0 aliphatic carbocycles. The average Bonchev–Trinajstić information content (AvgIpc) is 3.35. The highest BCUT2D eigenvalue weighted by Gasteiger charge is 2.37. The van der Waals surface area contributed by atoms with E-state index in [4.69, 9.17) is 0 Å². The zero-order valence-corrected chi connectivity index (χ0v) is 18.1. The number of benzene rings is 4. The maximum absolute atomic E-state index is 13.9. The van der Waals surface area contributed by atoms with Gasteiger partial charge in [-0.05, 0) is 41.2 Å². The van der Waals surface area contributed by atoms with Crippen LogP contribution in [0.15, 0.2) is 115 Å². The number of nitrogens with zero attached hydrogens (tertiary/aromatic N) is 1. The number of carbonyl (C=O) groups is 1. The summed E-state index contributed by atoms with van der Waals surface area (Å²) in [4.78, 5) is 16.1. The fourth-order valence-electron chi connectivity index (χ4n) is 5.04. The molecule has 1 aliphatic rings. The second kappa shape index (κ2) is 9.23. The zero-order valence-electron chi connectivity index (χ0n) is 18.1. The van der Waals surface area contributed by atoms with Crippen molar-refractivity contribution in [3.05, 3.63) is 132 Å². The van der Waals surface area contributed by atoms with Crippen molar-refractivity contribution in [1.82, 2.24) is 4.90 Å². The van der Waals surface area contributed by atoms with E-state index < -0.39 is 0 Å². The lowest BCUT2D eigenvalue weighted by Gasteiger charge is -2.33. The predicted molar refractivity (Wildman–Crippen MR) is 131 cm³/mol. The van der Waals surface area contributed by atoms with Crippen LogP contribution in [-0.4, -0.2) is 23.4 Å². The van der Waals surface area contributed by atoms with Crippen LogP contribution in [0.3, 0.4) is 0 Å². The molecule has 1 aliphatic heterocycles. The zero-order chi connectivity index (χ0) is 21.8. The molecule has 32 heavy (non-hydrogen) atoms. The Balaban J connectivity index is 1.54. The van der Waals surface area contributed by atoms with Crippen LogP contribution in [0.5, 0.6) is 0 Å². The van der Waals surface area contributed by atoms with E-state index in [0.29, 0.717) is 0 Å². The highest BCUT2D eigenvalue weighted by Crippen LogP contribution is 2.38. The van der Waals surface area contributed by atoms with Gasteiger partial charge in [0.1, 0.15) is 0 Å². The Bertz CT molecular complexity index is 1130. The summed E-state index contributed by atoms with van der Waals surface area (Å²) >= 11 is 0. The lowest BCUT2D eigenvalue weighted by Crippen LogP contribution is -2.39. The number of hydrogen-bond donors (Lipinski definition) is 0. The third-order valence-electron chi connectivity index (χ3n) is 6.50. The minimum Gasteiger partial charge on any atom is -0.335 e. The van der Waals surface area contributed by atoms with Gasteiger partial charge in [-0.1, -0.05) is 109 Å². The van der Waals surface area contributed by atoms with Crippen molar-refractivity contribution in [2.75, 3.05) is 6.54 Å². The summed E-state index contributed by atoms with van der Waals surface area (Å²) < 4.78 is 0. The molecular formula is C30H27NO. The first-order chi connectivity index (χ1) is 15.8. The average molecular weight is 418 g/mol. The normalized spacial score (nSPS) is 15.8. The predicted octanol–water partition coefficient (Wildman–Crippen LogP) is 6.79. The number of carbonyl (C=O) groups excluding carboxylic acids is 1. The van der Waals surface area contributed by atoms with E-state index >= 15 is 0 Å². The molecule has 1 saturated heterocycles. The summed E-state index contributed by atoms with van der Waals surface area (Å²) in [6, 6.07) is 39.6. The molecule has 4 aromatic rings. The smallest absolute Gasteiger partial charge is 0.254 e. The van der Waals surface area contributed by atoms with E-state index in [9.17, 15) is 4.79 Å². The van der Waals surface area contributed by atoms with Crippen LogP contribution < -0.4 is 0 Å². The lowest BCUT2D eigenvalue weighted by atomic mass is 9.83. The summed E-state index contributed by atoms with van der Waals surface area (Å²) in [5.41, 5.74) is 5.39. The maximum atomic E-state index is 13.9. The largest absolute Gasteiger partial charge is 0.335 e. The van der Waals surface area contributed by atoms with Gasteiger partial charge in [0.25, 0.3) is 5.91 Å². The molecule has 0 aromatic heterocycles. The molecule has 4 aromatic carbocycles. The molecular weight excluding hydrogens is 390 g/mol. The Hall–Kier alpha value is -3.65. The Morgan fingerprint density at radius 2 is 1.22 bits per heavy atom. The summed E-state index contributed by atoms with van der Waals surface area (Å²) in [5.74, 6) is 0.288. The van der Waals surface area contributed by atoms with Gasteiger partial charge in [-0.25, -0.2) is 0 Å². The minimum atomic E-state index is 0.129. The van der Waals surface area contributed by atoms with Crippen molar-refractivity contribution in [2.24, 2.45) is 0 Å². The first-order valence-electron chi connectivity index (χ1n) is 11.4. The Morgan fingerprint density at radius 1 is 0.688 bits per heavy atom. The lowest BCUT2D eigenvalue weighted by molar-refractivity contribution is 0.0726. The monoisotopic (exact) mass is 417 g/mol. The molecule has 5 rings (SSSR count). The van der Waals surface area contributed by atoms with Crippen LogP contribution in [0.1, 0.15) is 40.2 Å². The number of rotatable bonds is 5. The molecule has 1 fully saturated rings. The molecule has 1 amide bonds. The molecule has 2 heteroatoms. The van der Waals surface area contributed by atoms with Crippen LogP contribution in [0.2, 0.25) is 0 Å². The highest BCUT2D eigenvalue weighted by atomic mass is 16.2. The van der Waals surface area contributed by atoms with Gasteiger partial charge in [-0.3, -0.25) is 4.79 Å². The van der Waals surface area contributed by atoms with Crippen LogP contribution in [-0.2, 0) is 0 Å². The first-order valence-corrected chi connectivity index (χ1v) is 11.4. The van der Waals surface area contributed by atoms with Crippen LogP contribution >= 0.6 is 0 Å². The molecule has 2 nitrogen and oxygen atoms in total. The third kappa shape index (κ3) is 3.97. The van der Waals surface area contributed by atoms with Gasteiger partial charge in [-0.2, -0.15) is 0 Å². The summed E-state index contributed by atoms with van der Waals surface area (Å²) in [6.07, 6.45) is 2.04. The van der Waals surface area contributed by atoms with Crippen molar-refractivity contribution in [2.45, 2.75) is 24.8 Å². The summed E-state index contributed by atoms with van der Waals surface area (Å²) in [6.45, 7) is 0.794. The van der Waals surface area contributed by atoms with Gasteiger partial charge in [0.2, 0.25) is 0 Å². The summed E-state index contributed by atoms with van der Waals surface area (Å²) in [7, 11) is 0. The topological polar surface area (TPSA) is 20.3 Å². The van der Waals surface area contributed by atoms with E-state index in [2.05, 4.69) is 83.8 Å². The minimum absolute atomic E-state index is 0.129. The van der Waals surface area contributed by atoms with Crippen molar-refractivity contribution in [3.63, 3.8) is 0 Å². The van der Waals surface area contributed by atoms with Gasteiger partial charge in [0.05, 0.1) is 0 Å². The molecule has 0 spiro atoms. The standard InChI is InChI=1S/C30H27NO/c32-30(27-20-11-10-19-26(27)23-13-4-1-5-14-23)31-22-12-21-28(31)29(24-15-6-2-7-16-24)25-17-8-3-9-18-25/h1-11,13-20,28-29H,12,21-22H2/t28-/m0/s1. The molecule has 0 bridgehead atoms. The molecule has 1 heterocycles. The number of likely N-dealkylation sites (tertiary alicyclic amines) is 1. The van der Waals surface area contributed by atoms with E-state index in [0.717, 1.165) is 36.1 Å². The van der Waals surface area contributed by atoms with E-state index in [1.54, 1.807) is 0 Å². The highest BCUT2D eigenvalue weighted by molar-refractivity contribution is 6.01. The second-order valence-electron chi connectivity index (χ2n) is 8.42. The molecule has 0 N–H and O–H groups in total. The van der Waals surface area contributed by atoms with Crippen molar-refractivity contribution < 1.29 is 4.79 Å². The van der Waals surface area contributed by atoms with E-state index in [-0.39, 0.29) is 17.9 Å². The van der Waals surface area contributed by atoms with Gasteiger partial charge >= 0.3 is 0 Å².